The van der Waals surface area contributed by atoms with Crippen LogP contribution in [-0.4, -0.2) is 30.8 Å². The third-order valence-electron chi connectivity index (χ3n) is 4.20. The van der Waals surface area contributed by atoms with Gasteiger partial charge in [0.15, 0.2) is 0 Å². The first-order valence-electron chi connectivity index (χ1n) is 7.76. The molecule has 24 heavy (non-hydrogen) atoms. The molecule has 0 atom stereocenters. The number of benzene rings is 2. The number of para-hydroxylation sites is 2. The second-order valence-electron chi connectivity index (χ2n) is 6.01. The molecule has 0 saturated heterocycles. The Morgan fingerprint density at radius 1 is 1.04 bits per heavy atom. The van der Waals surface area contributed by atoms with Gasteiger partial charge in [0, 0.05) is 24.5 Å². The van der Waals surface area contributed by atoms with Crippen molar-refractivity contribution in [1.82, 2.24) is 9.55 Å². The van der Waals surface area contributed by atoms with Crippen molar-refractivity contribution in [2.45, 2.75) is 13.1 Å². The normalized spacial score (nSPS) is 14.6. The monoisotopic (exact) mass is 342 g/mol. The minimum atomic E-state index is -3.25. The number of hydrogen-bond acceptors (Lipinski definition) is 4. The van der Waals surface area contributed by atoms with E-state index in [4.69, 9.17) is 4.98 Å². The summed E-state index contributed by atoms with van der Waals surface area (Å²) in [5.74, 6) is 1.06. The van der Waals surface area contributed by atoms with Gasteiger partial charge in [-0.05, 0) is 36.4 Å². The highest BCUT2D eigenvalue weighted by atomic mass is 32.2. The highest BCUT2D eigenvalue weighted by molar-refractivity contribution is 7.92. The lowest BCUT2D eigenvalue weighted by Gasteiger charge is -2.30. The average Bonchev–Trinajstić information content (AvgIpc) is 2.91. The van der Waals surface area contributed by atoms with Crippen molar-refractivity contribution in [3.05, 3.63) is 54.4 Å². The summed E-state index contributed by atoms with van der Waals surface area (Å²) in [5, 5.41) is 0. The Balaban J connectivity index is 1.58. The molecule has 0 radical (unpaired) electrons. The van der Waals surface area contributed by atoms with Gasteiger partial charge in [-0.1, -0.05) is 12.1 Å². The molecular formula is C17H18N4O2S. The summed E-state index contributed by atoms with van der Waals surface area (Å²) < 4.78 is 27.3. The Bertz CT molecular complexity index is 993. The van der Waals surface area contributed by atoms with Crippen molar-refractivity contribution in [2.24, 2.45) is 0 Å². The van der Waals surface area contributed by atoms with E-state index in [1.807, 2.05) is 30.3 Å². The van der Waals surface area contributed by atoms with E-state index < -0.39 is 10.0 Å². The van der Waals surface area contributed by atoms with Crippen LogP contribution >= 0.6 is 0 Å². The van der Waals surface area contributed by atoms with E-state index in [0.717, 1.165) is 42.9 Å². The molecule has 2 aromatic carbocycles. The van der Waals surface area contributed by atoms with Gasteiger partial charge in [0.25, 0.3) is 0 Å². The topological polar surface area (TPSA) is 67.2 Å². The Hall–Kier alpha value is -2.54. The molecule has 7 heteroatoms. The van der Waals surface area contributed by atoms with Crippen molar-refractivity contribution in [1.29, 1.82) is 0 Å². The quantitative estimate of drug-likeness (QED) is 0.794. The first-order chi connectivity index (χ1) is 11.5. The number of hydrogen-bond donors (Lipinski definition) is 1. The Morgan fingerprint density at radius 2 is 1.79 bits per heavy atom. The highest BCUT2D eigenvalue weighted by Crippen LogP contribution is 2.25. The minimum absolute atomic E-state index is 0.575. The van der Waals surface area contributed by atoms with Crippen LogP contribution in [-0.2, 0) is 23.1 Å². The van der Waals surface area contributed by atoms with E-state index in [1.54, 1.807) is 12.1 Å². The van der Waals surface area contributed by atoms with Crippen LogP contribution in [0, 0.1) is 0 Å². The van der Waals surface area contributed by atoms with Crippen LogP contribution in [0.25, 0.3) is 11.0 Å². The fourth-order valence-electron chi connectivity index (χ4n) is 3.14. The molecule has 1 aromatic heterocycles. The molecule has 0 bridgehead atoms. The number of fused-ring (bicyclic) bond motifs is 3. The Labute approximate surface area is 140 Å². The molecule has 4 rings (SSSR count). The molecule has 1 aliphatic heterocycles. The summed E-state index contributed by atoms with van der Waals surface area (Å²) in [6, 6.07) is 15.6. The maximum atomic E-state index is 11.3. The smallest absolute Gasteiger partial charge is 0.229 e. The van der Waals surface area contributed by atoms with Crippen LogP contribution in [0.3, 0.4) is 0 Å². The lowest BCUT2D eigenvalue weighted by Crippen LogP contribution is -2.33. The van der Waals surface area contributed by atoms with E-state index in [9.17, 15) is 8.42 Å². The van der Waals surface area contributed by atoms with Gasteiger partial charge in [0.2, 0.25) is 10.0 Å². The summed E-state index contributed by atoms with van der Waals surface area (Å²) in [5.41, 5.74) is 3.85. The molecule has 3 aromatic rings. The van der Waals surface area contributed by atoms with Crippen molar-refractivity contribution in [3.63, 3.8) is 0 Å². The fraction of sp³-hybridized carbons (Fsp3) is 0.235. The summed E-state index contributed by atoms with van der Waals surface area (Å²) in [6.45, 7) is 2.53. The zero-order valence-electron chi connectivity index (χ0n) is 13.3. The van der Waals surface area contributed by atoms with Crippen LogP contribution in [0.15, 0.2) is 48.5 Å². The molecule has 0 saturated carbocycles. The van der Waals surface area contributed by atoms with Crippen molar-refractivity contribution in [2.75, 3.05) is 22.4 Å². The van der Waals surface area contributed by atoms with Gasteiger partial charge in [-0.3, -0.25) is 4.72 Å². The first-order valence-corrected chi connectivity index (χ1v) is 9.66. The molecule has 0 unspecified atom stereocenters. The lowest BCUT2D eigenvalue weighted by molar-refractivity contribution is 0.571. The van der Waals surface area contributed by atoms with Gasteiger partial charge in [0.1, 0.15) is 5.82 Å². The summed E-state index contributed by atoms with van der Waals surface area (Å²) >= 11 is 0. The highest BCUT2D eigenvalue weighted by Gasteiger charge is 2.20. The number of nitrogens with zero attached hydrogens (tertiary/aromatic N) is 3. The van der Waals surface area contributed by atoms with Crippen LogP contribution in [0.2, 0.25) is 0 Å². The van der Waals surface area contributed by atoms with E-state index >= 15 is 0 Å². The zero-order valence-corrected chi connectivity index (χ0v) is 14.1. The van der Waals surface area contributed by atoms with Gasteiger partial charge in [-0.2, -0.15) is 0 Å². The van der Waals surface area contributed by atoms with Crippen LogP contribution in [0.5, 0.6) is 0 Å². The minimum Gasteiger partial charge on any atom is -0.362 e. The first kappa shape index (κ1) is 15.0. The van der Waals surface area contributed by atoms with Gasteiger partial charge < -0.3 is 9.47 Å². The molecule has 0 amide bonds. The Kier molecular flexibility index (Phi) is 3.45. The molecule has 6 nitrogen and oxygen atoms in total. The molecule has 1 aliphatic rings. The van der Waals surface area contributed by atoms with Crippen molar-refractivity contribution < 1.29 is 8.42 Å². The number of nitrogens with one attached hydrogen (secondary N) is 1. The third kappa shape index (κ3) is 2.82. The fourth-order valence-corrected chi connectivity index (χ4v) is 3.71. The summed E-state index contributed by atoms with van der Waals surface area (Å²) in [7, 11) is -3.25. The zero-order chi connectivity index (χ0) is 16.7. The number of anilines is 2. The largest absolute Gasteiger partial charge is 0.362 e. The Morgan fingerprint density at radius 3 is 2.54 bits per heavy atom. The molecule has 1 N–H and O–H groups in total. The number of sulfonamides is 1. The molecular weight excluding hydrogens is 324 g/mol. The van der Waals surface area contributed by atoms with Gasteiger partial charge >= 0.3 is 0 Å². The van der Waals surface area contributed by atoms with E-state index in [1.165, 1.54) is 5.52 Å². The molecule has 0 spiro atoms. The van der Waals surface area contributed by atoms with E-state index in [-0.39, 0.29) is 0 Å². The van der Waals surface area contributed by atoms with Gasteiger partial charge in [0.05, 0.1) is 23.8 Å². The lowest BCUT2D eigenvalue weighted by atomic mass is 10.2. The van der Waals surface area contributed by atoms with Crippen molar-refractivity contribution >= 4 is 32.4 Å². The number of aromatic nitrogens is 2. The van der Waals surface area contributed by atoms with E-state index in [0.29, 0.717) is 5.69 Å². The predicted octanol–water partition coefficient (Wildman–Crippen LogP) is 2.43. The number of rotatable bonds is 3. The third-order valence-corrected chi connectivity index (χ3v) is 4.80. The summed E-state index contributed by atoms with van der Waals surface area (Å²) in [4.78, 5) is 6.98. The predicted molar refractivity (Wildman–Crippen MR) is 95.7 cm³/mol. The molecule has 0 fully saturated rings. The van der Waals surface area contributed by atoms with Gasteiger partial charge in [-0.15, -0.1) is 0 Å². The van der Waals surface area contributed by atoms with Gasteiger partial charge in [-0.25, -0.2) is 13.4 Å². The maximum absolute atomic E-state index is 11.3. The van der Waals surface area contributed by atoms with E-state index in [2.05, 4.69) is 20.3 Å². The molecule has 0 aliphatic carbocycles. The molecule has 124 valence electrons. The second-order valence-corrected chi connectivity index (χ2v) is 7.76. The van der Waals surface area contributed by atoms with Crippen LogP contribution in [0.4, 0.5) is 11.4 Å². The number of imidazole rings is 1. The average molecular weight is 342 g/mol. The second kappa shape index (κ2) is 5.52. The molecule has 2 heterocycles. The SMILES string of the molecule is CS(=O)(=O)Nc1ccc(N2CCn3c(nc4ccccc43)C2)cc1. The summed E-state index contributed by atoms with van der Waals surface area (Å²) in [6.07, 6.45) is 1.15. The van der Waals surface area contributed by atoms with Crippen LogP contribution in [0.1, 0.15) is 5.82 Å². The maximum Gasteiger partial charge on any atom is 0.229 e. The standard InChI is InChI=1S/C17H18N4O2S/c1-24(22,23)19-13-6-8-14(9-7-13)20-10-11-21-16-5-3-2-4-15(16)18-17(21)12-20/h2-9,19H,10-12H2,1H3. The van der Waals surface area contributed by atoms with Crippen LogP contribution < -0.4 is 9.62 Å². The van der Waals surface area contributed by atoms with Crippen molar-refractivity contribution in [3.8, 4) is 0 Å².